The molecule has 7 aliphatic rings. The van der Waals surface area contributed by atoms with Crippen LogP contribution < -0.4 is 5.32 Å². The number of carbonyl (C=O) groups is 2. The molecule has 6 nitrogen and oxygen atoms in total. The Labute approximate surface area is 336 Å². The van der Waals surface area contributed by atoms with Crippen molar-refractivity contribution in [3.63, 3.8) is 0 Å². The lowest BCUT2D eigenvalue weighted by atomic mass is 9.49. The smallest absolute Gasteiger partial charge is 0.321 e. The summed E-state index contributed by atoms with van der Waals surface area (Å²) in [7, 11) is 0. The van der Waals surface area contributed by atoms with Crippen LogP contribution in [0, 0.1) is 34.4 Å². The van der Waals surface area contributed by atoms with Gasteiger partial charge in [0, 0.05) is 40.2 Å². The Hall–Kier alpha value is -3.52. The van der Waals surface area contributed by atoms with E-state index in [0.717, 1.165) is 60.3 Å². The fourth-order valence-corrected chi connectivity index (χ4v) is 12.6. The number of hydrogen-bond acceptors (Lipinski definition) is 4. The second-order valence-corrected chi connectivity index (χ2v) is 19.2. The van der Waals surface area contributed by atoms with Crippen LogP contribution in [-0.2, 0) is 12.8 Å². The van der Waals surface area contributed by atoms with E-state index in [9.17, 15) is 19.8 Å². The van der Waals surface area contributed by atoms with Crippen LogP contribution in [-0.4, -0.2) is 51.7 Å². The largest absolute Gasteiger partial charge is 0.393 e. The topological polar surface area (TPSA) is 89.9 Å². The molecule has 3 aromatic rings. The van der Waals surface area contributed by atoms with Gasteiger partial charge in [0.2, 0.25) is 0 Å². The molecule has 0 spiro atoms. The van der Waals surface area contributed by atoms with E-state index in [1.54, 1.807) is 6.07 Å². The molecule has 4 atom stereocenters. The average Bonchev–Trinajstić information content (AvgIpc) is 3.40. The summed E-state index contributed by atoms with van der Waals surface area (Å²) in [5.41, 5.74) is 2.37. The summed E-state index contributed by atoms with van der Waals surface area (Å²) in [6.07, 6.45) is 13.1. The monoisotopic (exact) mass is 780 g/mol. The number of amides is 2. The van der Waals surface area contributed by atoms with Crippen molar-refractivity contribution in [2.75, 3.05) is 18.4 Å². The number of ketones is 1. The summed E-state index contributed by atoms with van der Waals surface area (Å²) in [6.45, 7) is 5.10. The quantitative estimate of drug-likeness (QED) is 0.157. The van der Waals surface area contributed by atoms with Gasteiger partial charge in [-0.25, -0.2) is 9.18 Å². The molecule has 3 N–H and O–H groups in total. The standard InChI is InChI=1S/C48H58ClFN2O4/c1-31-8-7-18-46(2)41(38-16-14-32(23-37(53)15-13-31)24-39(38)44(54)25-40-42(49)11-6-12-43(40)50)17-19-48(46,56)30-52(45(55)51-36-9-4-3-5-10-36)29-47-26-33-20-34(27-47)22-35(21-33)28-47/h3-6,8-12,14,16,24,33-35,37,41,53,56H,7,13,15,17-23,25-30H2,1-2H3,(H,51,55)/t33?,34?,35?,37-,41-,46-,47?,48+/m0/s1. The summed E-state index contributed by atoms with van der Waals surface area (Å²) < 4.78 is 15.1. The van der Waals surface area contributed by atoms with Gasteiger partial charge < -0.3 is 20.4 Å². The van der Waals surface area contributed by atoms with Crippen molar-refractivity contribution < 1.29 is 24.2 Å². The number of anilines is 1. The molecule has 6 bridgehead atoms. The van der Waals surface area contributed by atoms with Crippen LogP contribution in [0.2, 0.25) is 5.02 Å². The predicted octanol–water partition coefficient (Wildman–Crippen LogP) is 10.7. The van der Waals surface area contributed by atoms with E-state index in [0.29, 0.717) is 50.6 Å². The Balaban J connectivity index is 1.17. The van der Waals surface area contributed by atoms with Crippen molar-refractivity contribution in [3.05, 3.63) is 111 Å². The summed E-state index contributed by atoms with van der Waals surface area (Å²) in [4.78, 5) is 30.9. The van der Waals surface area contributed by atoms with Crippen molar-refractivity contribution >= 4 is 29.1 Å². The zero-order valence-corrected chi connectivity index (χ0v) is 33.8. The Kier molecular flexibility index (Phi) is 11.0. The highest BCUT2D eigenvalue weighted by molar-refractivity contribution is 6.31. The maximum Gasteiger partial charge on any atom is 0.321 e. The number of halogens is 2. The van der Waals surface area contributed by atoms with Crippen LogP contribution in [0.1, 0.15) is 124 Å². The summed E-state index contributed by atoms with van der Waals surface area (Å²) in [5, 5.41) is 27.7. The molecule has 0 unspecified atom stereocenters. The first kappa shape index (κ1) is 39.3. The Morgan fingerprint density at radius 1 is 0.929 bits per heavy atom. The zero-order valence-electron chi connectivity index (χ0n) is 33.0. The third kappa shape index (κ3) is 7.85. The van der Waals surface area contributed by atoms with Gasteiger partial charge in [0.1, 0.15) is 5.82 Å². The van der Waals surface area contributed by atoms with Crippen LogP contribution in [0.25, 0.3) is 0 Å². The molecule has 10 rings (SSSR count). The molecule has 298 valence electrons. The lowest BCUT2D eigenvalue weighted by Crippen LogP contribution is -2.58. The molecule has 0 heterocycles. The number of urea groups is 1. The fraction of sp³-hybridized carbons (Fsp3) is 0.542. The number of aliphatic hydroxyl groups is 2. The summed E-state index contributed by atoms with van der Waals surface area (Å²) in [6, 6.07) is 19.8. The number of fused-ring (bicyclic) bond motifs is 8. The van der Waals surface area contributed by atoms with Crippen LogP contribution in [0.4, 0.5) is 14.9 Å². The summed E-state index contributed by atoms with van der Waals surface area (Å²) >= 11 is 6.44. The van der Waals surface area contributed by atoms with Gasteiger partial charge in [0.05, 0.1) is 18.2 Å². The molecule has 3 aromatic carbocycles. The number of rotatable bonds is 8. The molecule has 5 saturated carbocycles. The van der Waals surface area contributed by atoms with Crippen LogP contribution in [0.3, 0.4) is 0 Å². The number of hydrogen-bond donors (Lipinski definition) is 3. The molecule has 0 aliphatic heterocycles. The van der Waals surface area contributed by atoms with Gasteiger partial charge in [-0.2, -0.15) is 0 Å². The number of para-hydroxylation sites is 1. The van der Waals surface area contributed by atoms with Crippen molar-refractivity contribution in [3.8, 4) is 0 Å². The maximum absolute atomic E-state index is 15.1. The van der Waals surface area contributed by atoms with E-state index >= 15 is 4.39 Å². The van der Waals surface area contributed by atoms with E-state index in [-0.39, 0.29) is 46.7 Å². The predicted molar refractivity (Wildman–Crippen MR) is 220 cm³/mol. The molecule has 7 aliphatic carbocycles. The molecule has 0 aromatic heterocycles. The van der Waals surface area contributed by atoms with Crippen molar-refractivity contribution in [1.82, 2.24) is 4.90 Å². The Bertz CT molecular complexity index is 1930. The number of allylic oxidation sites excluding steroid dienone is 2. The molecule has 5 fully saturated rings. The number of carbonyl (C=O) groups excluding carboxylic acids is 2. The molecule has 8 heteroatoms. The van der Waals surface area contributed by atoms with E-state index in [1.165, 1.54) is 37.0 Å². The van der Waals surface area contributed by atoms with E-state index < -0.39 is 22.9 Å². The third-order valence-electron chi connectivity index (χ3n) is 14.8. The van der Waals surface area contributed by atoms with Crippen molar-refractivity contribution in [2.24, 2.45) is 28.6 Å². The second-order valence-electron chi connectivity index (χ2n) is 18.8. The number of nitrogens with zero attached hydrogens (tertiary/aromatic N) is 1. The Morgan fingerprint density at radius 2 is 1.64 bits per heavy atom. The summed E-state index contributed by atoms with van der Waals surface area (Å²) in [5.74, 6) is 1.21. The van der Waals surface area contributed by atoms with Gasteiger partial charge in [-0.1, -0.05) is 66.6 Å². The first-order chi connectivity index (χ1) is 26.8. The maximum atomic E-state index is 15.1. The number of benzene rings is 3. The molecular weight excluding hydrogens is 723 g/mol. The van der Waals surface area contributed by atoms with Gasteiger partial charge >= 0.3 is 6.03 Å². The highest BCUT2D eigenvalue weighted by atomic mass is 35.5. The minimum absolute atomic E-state index is 0.0646. The first-order valence-electron chi connectivity index (χ1n) is 21.1. The van der Waals surface area contributed by atoms with Gasteiger partial charge in [-0.05, 0) is 161 Å². The van der Waals surface area contributed by atoms with E-state index in [1.807, 2.05) is 53.4 Å². The van der Waals surface area contributed by atoms with Crippen LogP contribution >= 0.6 is 11.6 Å². The molecule has 2 amide bonds. The zero-order chi connectivity index (χ0) is 39.2. The van der Waals surface area contributed by atoms with Crippen LogP contribution in [0.5, 0.6) is 0 Å². The van der Waals surface area contributed by atoms with Crippen molar-refractivity contribution in [1.29, 1.82) is 0 Å². The highest BCUT2D eigenvalue weighted by Gasteiger charge is 2.59. The van der Waals surface area contributed by atoms with Gasteiger partial charge in [-0.15, -0.1) is 0 Å². The molecule has 0 radical (unpaired) electrons. The van der Waals surface area contributed by atoms with E-state index in [4.69, 9.17) is 11.6 Å². The molecule has 0 saturated heterocycles. The molecular formula is C48H58ClFN2O4. The SMILES string of the molecule is CC1=CCC[C@@]2(C)[C@@H](CC[C@@]2(O)CN(CC23CC4CC(CC(C4)C2)C3)C(=O)Nc2ccccc2)c2ccc(cc2C(=O)Cc2c(F)cccc2Cl)C[C@@H](O)CC1. The number of Topliss-reactive ketones (excluding diaryl/α,β-unsaturated/α-hetero) is 1. The normalized spacial score (nSPS) is 32.4. The number of aliphatic hydroxyl groups excluding tert-OH is 1. The third-order valence-corrected chi connectivity index (χ3v) is 15.2. The van der Waals surface area contributed by atoms with Gasteiger partial charge in [0.25, 0.3) is 0 Å². The lowest BCUT2D eigenvalue weighted by molar-refractivity contribution is -0.0975. The minimum Gasteiger partial charge on any atom is -0.393 e. The molecule has 56 heavy (non-hydrogen) atoms. The Morgan fingerprint density at radius 3 is 2.34 bits per heavy atom. The lowest BCUT2D eigenvalue weighted by Gasteiger charge is -2.58. The minimum atomic E-state index is -1.25. The highest BCUT2D eigenvalue weighted by Crippen LogP contribution is 2.62. The van der Waals surface area contributed by atoms with E-state index in [2.05, 4.69) is 25.2 Å². The fourth-order valence-electron chi connectivity index (χ4n) is 12.3. The first-order valence-corrected chi connectivity index (χ1v) is 21.5. The van der Waals surface area contributed by atoms with Gasteiger partial charge in [0.15, 0.2) is 5.78 Å². The average molecular weight is 781 g/mol. The van der Waals surface area contributed by atoms with Crippen LogP contribution in [0.15, 0.2) is 78.4 Å². The van der Waals surface area contributed by atoms with Crippen molar-refractivity contribution in [2.45, 2.75) is 121 Å². The second kappa shape index (κ2) is 15.7. The number of nitrogens with one attached hydrogen (secondary N) is 1. The van der Waals surface area contributed by atoms with Gasteiger partial charge in [-0.3, -0.25) is 4.79 Å².